The molecule has 0 radical (unpaired) electrons. The number of halogens is 5. The third kappa shape index (κ3) is 3.53. The predicted octanol–water partition coefficient (Wildman–Crippen LogP) is 3.80. The van der Waals surface area contributed by atoms with Crippen LogP contribution in [0.3, 0.4) is 0 Å². The fourth-order valence-electron chi connectivity index (χ4n) is 2.60. The van der Waals surface area contributed by atoms with Crippen LogP contribution >= 0.6 is 0 Å². The first-order chi connectivity index (χ1) is 10.7. The van der Waals surface area contributed by atoms with Gasteiger partial charge in [0, 0.05) is 0 Å². The second kappa shape index (κ2) is 6.31. The molecule has 0 saturated carbocycles. The molecule has 0 heterocycles. The largest absolute Gasteiger partial charge is 0.496 e. The van der Waals surface area contributed by atoms with Crippen molar-refractivity contribution in [1.29, 1.82) is 0 Å². The van der Waals surface area contributed by atoms with Gasteiger partial charge in [-0.1, -0.05) is 26.0 Å². The van der Waals surface area contributed by atoms with E-state index in [1.54, 1.807) is 19.1 Å². The summed E-state index contributed by atoms with van der Waals surface area (Å²) in [4.78, 5) is 11.0. The van der Waals surface area contributed by atoms with E-state index < -0.39 is 35.8 Å². The average Bonchev–Trinajstić information content (AvgIpc) is 2.44. The smallest absolute Gasteiger partial charge is 0.456 e. The molecule has 1 aromatic rings. The molecule has 24 heavy (non-hydrogen) atoms. The maximum atomic E-state index is 13.6. The predicted molar refractivity (Wildman–Crippen MR) is 77.4 cm³/mol. The molecule has 0 aliphatic heterocycles. The minimum atomic E-state index is -6.06. The Bertz CT molecular complexity index is 610. The van der Waals surface area contributed by atoms with Crippen LogP contribution in [0.5, 0.6) is 5.75 Å². The minimum absolute atomic E-state index is 0.267. The van der Waals surface area contributed by atoms with E-state index >= 15 is 0 Å². The first kappa shape index (κ1) is 20.3. The van der Waals surface area contributed by atoms with Crippen molar-refractivity contribution >= 4 is 6.29 Å². The van der Waals surface area contributed by atoms with Crippen LogP contribution in [0.1, 0.15) is 31.4 Å². The molecule has 1 N–H and O–H groups in total. The monoisotopic (exact) mass is 354 g/mol. The maximum absolute atomic E-state index is 13.6. The molecule has 0 bridgehead atoms. The van der Waals surface area contributed by atoms with Crippen molar-refractivity contribution in [2.24, 2.45) is 0 Å². The van der Waals surface area contributed by atoms with E-state index in [2.05, 4.69) is 0 Å². The summed E-state index contributed by atoms with van der Waals surface area (Å²) in [5.41, 5.74) is -4.21. The molecular formula is C16H19F5O3. The van der Waals surface area contributed by atoms with Crippen molar-refractivity contribution in [3.05, 3.63) is 29.3 Å². The number of benzene rings is 1. The summed E-state index contributed by atoms with van der Waals surface area (Å²) < 4.78 is 70.2. The summed E-state index contributed by atoms with van der Waals surface area (Å²) >= 11 is 0. The van der Waals surface area contributed by atoms with Gasteiger partial charge in [0.1, 0.15) is 5.75 Å². The molecule has 0 aliphatic carbocycles. The number of alkyl halides is 5. The van der Waals surface area contributed by atoms with Gasteiger partial charge >= 0.3 is 12.1 Å². The molecule has 1 unspecified atom stereocenters. The lowest BCUT2D eigenvalue weighted by atomic mass is 9.73. The lowest BCUT2D eigenvalue weighted by Crippen LogP contribution is -2.60. The molecule has 3 nitrogen and oxygen atoms in total. The Morgan fingerprint density at radius 2 is 1.71 bits per heavy atom. The third-order valence-corrected chi connectivity index (χ3v) is 3.89. The van der Waals surface area contributed by atoms with Gasteiger partial charge in [-0.15, -0.1) is 0 Å². The number of hydrogen-bond acceptors (Lipinski definition) is 3. The van der Waals surface area contributed by atoms with Crippen LogP contribution in [-0.4, -0.2) is 36.2 Å². The molecule has 1 atom stereocenters. The van der Waals surface area contributed by atoms with Gasteiger partial charge in [0.25, 0.3) is 0 Å². The highest BCUT2D eigenvalue weighted by Crippen LogP contribution is 2.48. The first-order valence-corrected chi connectivity index (χ1v) is 7.00. The van der Waals surface area contributed by atoms with Crippen LogP contribution < -0.4 is 4.74 Å². The summed E-state index contributed by atoms with van der Waals surface area (Å²) in [6.45, 7) is 4.45. The van der Waals surface area contributed by atoms with E-state index in [1.165, 1.54) is 27.0 Å². The van der Waals surface area contributed by atoms with Gasteiger partial charge in [0.15, 0.2) is 11.9 Å². The highest BCUT2D eigenvalue weighted by Gasteiger charge is 2.70. The summed E-state index contributed by atoms with van der Waals surface area (Å²) in [6.07, 6.45) is -7.95. The number of methoxy groups -OCH3 is 1. The summed E-state index contributed by atoms with van der Waals surface area (Å²) in [7, 11) is 1.32. The van der Waals surface area contributed by atoms with Crippen molar-refractivity contribution < 1.29 is 36.6 Å². The van der Waals surface area contributed by atoms with Crippen molar-refractivity contribution in [2.45, 2.75) is 50.3 Å². The molecule has 0 saturated heterocycles. The summed E-state index contributed by atoms with van der Waals surface area (Å²) in [6, 6.07) is 4.71. The number of ether oxygens (including phenoxy) is 1. The van der Waals surface area contributed by atoms with Crippen LogP contribution in [0.4, 0.5) is 22.0 Å². The molecule has 1 aromatic carbocycles. The number of rotatable bonds is 6. The molecule has 0 aliphatic rings. The maximum Gasteiger partial charge on any atom is 0.456 e. The van der Waals surface area contributed by atoms with Crippen LogP contribution in [0.15, 0.2) is 18.2 Å². The van der Waals surface area contributed by atoms with Crippen molar-refractivity contribution in [3.8, 4) is 5.75 Å². The molecule has 0 spiro atoms. The number of aliphatic hydroxyl groups is 1. The summed E-state index contributed by atoms with van der Waals surface area (Å²) in [5.74, 6) is -5.32. The first-order valence-electron chi connectivity index (χ1n) is 7.00. The van der Waals surface area contributed by atoms with E-state index in [4.69, 9.17) is 4.74 Å². The lowest BCUT2D eigenvalue weighted by Gasteiger charge is -2.38. The molecule has 0 aromatic heterocycles. The van der Waals surface area contributed by atoms with Crippen LogP contribution in [0, 0.1) is 6.92 Å². The normalized spacial score (nSPS) is 15.8. The summed E-state index contributed by atoms with van der Waals surface area (Å²) in [5, 5.41) is 9.82. The zero-order valence-corrected chi connectivity index (χ0v) is 13.7. The fraction of sp³-hybridized carbons (Fsp3) is 0.562. The van der Waals surface area contributed by atoms with Crippen molar-refractivity contribution in [1.82, 2.24) is 0 Å². The Hall–Kier alpha value is -1.70. The number of carbonyl (C=O) groups excluding carboxylic acids is 1. The topological polar surface area (TPSA) is 46.5 Å². The standard InChI is InChI=1S/C16H19F5O3/c1-10-5-6-11(12(7-10)24-4)13(2,3)8-14(23,9-22)15(17,18)16(19,20)21/h5-7,9,23H,8H2,1-4H3. The fourth-order valence-corrected chi connectivity index (χ4v) is 2.60. The SMILES string of the molecule is COc1cc(C)ccc1C(C)(C)CC(O)(C=O)C(F)(F)C(F)(F)F. The quantitative estimate of drug-likeness (QED) is 0.624. The van der Waals surface area contributed by atoms with Gasteiger partial charge in [0.05, 0.1) is 7.11 Å². The van der Waals surface area contributed by atoms with E-state index in [0.717, 1.165) is 5.56 Å². The number of aldehydes is 1. The zero-order chi connectivity index (χ0) is 19.0. The zero-order valence-electron chi connectivity index (χ0n) is 13.7. The lowest BCUT2D eigenvalue weighted by molar-refractivity contribution is -0.333. The Labute approximate surface area is 136 Å². The average molecular weight is 354 g/mol. The van der Waals surface area contributed by atoms with Gasteiger partial charge < -0.3 is 9.84 Å². The van der Waals surface area contributed by atoms with Gasteiger partial charge in [0.2, 0.25) is 0 Å². The van der Waals surface area contributed by atoms with Crippen LogP contribution in [-0.2, 0) is 10.2 Å². The molecule has 136 valence electrons. The number of carbonyl (C=O) groups is 1. The highest BCUT2D eigenvalue weighted by atomic mass is 19.4. The minimum Gasteiger partial charge on any atom is -0.496 e. The van der Waals surface area contributed by atoms with Gasteiger partial charge in [-0.05, 0) is 36.0 Å². The molecule has 8 heteroatoms. The van der Waals surface area contributed by atoms with Gasteiger partial charge in [-0.25, -0.2) is 0 Å². The molecule has 1 rings (SSSR count). The van der Waals surface area contributed by atoms with Gasteiger partial charge in [-0.3, -0.25) is 4.79 Å². The Morgan fingerprint density at radius 3 is 2.12 bits per heavy atom. The Morgan fingerprint density at radius 1 is 1.17 bits per heavy atom. The number of aryl methyl sites for hydroxylation is 1. The number of hydrogen-bond donors (Lipinski definition) is 1. The second-order valence-electron chi connectivity index (χ2n) is 6.38. The second-order valence-corrected chi connectivity index (χ2v) is 6.38. The van der Waals surface area contributed by atoms with Crippen molar-refractivity contribution in [2.75, 3.05) is 7.11 Å². The highest BCUT2D eigenvalue weighted by molar-refractivity contribution is 5.65. The van der Waals surface area contributed by atoms with E-state index in [1.807, 2.05) is 0 Å². The van der Waals surface area contributed by atoms with Crippen LogP contribution in [0.25, 0.3) is 0 Å². The molecular weight excluding hydrogens is 335 g/mol. The van der Waals surface area contributed by atoms with Gasteiger partial charge in [-0.2, -0.15) is 22.0 Å². The third-order valence-electron chi connectivity index (χ3n) is 3.89. The Balaban J connectivity index is 3.36. The molecule has 0 amide bonds. The van der Waals surface area contributed by atoms with Crippen LogP contribution in [0.2, 0.25) is 0 Å². The van der Waals surface area contributed by atoms with Crippen molar-refractivity contribution in [3.63, 3.8) is 0 Å². The van der Waals surface area contributed by atoms with E-state index in [-0.39, 0.29) is 5.75 Å². The molecule has 0 fully saturated rings. The Kier molecular flexibility index (Phi) is 5.35. The van der Waals surface area contributed by atoms with E-state index in [9.17, 15) is 31.9 Å². The van der Waals surface area contributed by atoms with E-state index in [0.29, 0.717) is 5.56 Å².